The maximum atomic E-state index is 12.0. The molecule has 0 aromatic heterocycles. The molecular weight excluding hydrogens is 318 g/mol. The van der Waals surface area contributed by atoms with Crippen LogP contribution in [0.15, 0.2) is 24.3 Å². The van der Waals surface area contributed by atoms with Gasteiger partial charge in [0, 0.05) is 7.05 Å². The molecule has 0 saturated carbocycles. The quantitative estimate of drug-likeness (QED) is 0.514. The number of likely N-dealkylation sites (N-methyl/N-ethyl adjacent to an activating group) is 1. The van der Waals surface area contributed by atoms with E-state index in [0.717, 1.165) is 0 Å². The van der Waals surface area contributed by atoms with Crippen molar-refractivity contribution in [2.75, 3.05) is 33.9 Å². The van der Waals surface area contributed by atoms with E-state index < -0.39 is 30.9 Å². The van der Waals surface area contributed by atoms with Crippen LogP contribution in [0, 0.1) is 0 Å². The number of rotatable bonds is 8. The van der Waals surface area contributed by atoms with E-state index in [1.807, 2.05) is 0 Å². The second-order valence-electron chi connectivity index (χ2n) is 4.49. The van der Waals surface area contributed by atoms with Crippen molar-refractivity contribution < 1.29 is 28.7 Å². The zero-order valence-corrected chi connectivity index (χ0v) is 13.4. The van der Waals surface area contributed by atoms with Crippen LogP contribution in [0.2, 0.25) is 0 Å². The highest BCUT2D eigenvalue weighted by molar-refractivity contribution is 5.98. The SMILES string of the molecule is CNC(=O)CNC(=O)COC(=O)CNC(=O)c1ccccc1OC. The first-order valence-electron chi connectivity index (χ1n) is 7.02. The lowest BCUT2D eigenvalue weighted by Gasteiger charge is -2.09. The number of esters is 1. The van der Waals surface area contributed by atoms with Gasteiger partial charge < -0.3 is 25.4 Å². The Balaban J connectivity index is 2.34. The second-order valence-corrected chi connectivity index (χ2v) is 4.49. The van der Waals surface area contributed by atoms with Crippen LogP contribution in [-0.4, -0.2) is 57.5 Å². The Morgan fingerprint density at radius 1 is 1.00 bits per heavy atom. The van der Waals surface area contributed by atoms with E-state index in [2.05, 4.69) is 20.7 Å². The van der Waals surface area contributed by atoms with E-state index in [1.165, 1.54) is 14.2 Å². The number of ether oxygens (including phenoxy) is 2. The number of benzene rings is 1. The normalized spacial score (nSPS) is 9.58. The summed E-state index contributed by atoms with van der Waals surface area (Å²) in [5, 5.41) is 6.95. The molecule has 1 aromatic carbocycles. The van der Waals surface area contributed by atoms with Crippen LogP contribution in [0.3, 0.4) is 0 Å². The zero-order chi connectivity index (χ0) is 17.9. The Hall–Kier alpha value is -3.10. The predicted octanol–water partition coefficient (Wildman–Crippen LogP) is -1.17. The summed E-state index contributed by atoms with van der Waals surface area (Å²) < 4.78 is 9.73. The highest BCUT2D eigenvalue weighted by atomic mass is 16.5. The van der Waals surface area contributed by atoms with Gasteiger partial charge in [0.15, 0.2) is 6.61 Å². The van der Waals surface area contributed by atoms with Crippen molar-refractivity contribution in [3.63, 3.8) is 0 Å². The van der Waals surface area contributed by atoms with Gasteiger partial charge in [0.2, 0.25) is 5.91 Å². The molecule has 0 spiro atoms. The number of hydrogen-bond donors (Lipinski definition) is 3. The third-order valence-electron chi connectivity index (χ3n) is 2.83. The minimum atomic E-state index is -0.784. The van der Waals surface area contributed by atoms with Gasteiger partial charge in [0.1, 0.15) is 12.3 Å². The van der Waals surface area contributed by atoms with Crippen LogP contribution < -0.4 is 20.7 Å². The second kappa shape index (κ2) is 9.82. The summed E-state index contributed by atoms with van der Waals surface area (Å²) in [4.78, 5) is 45.7. The predicted molar refractivity (Wildman–Crippen MR) is 83.4 cm³/mol. The molecular formula is C15H19N3O6. The third kappa shape index (κ3) is 6.34. The van der Waals surface area contributed by atoms with Crippen LogP contribution in [-0.2, 0) is 19.1 Å². The molecule has 0 aliphatic heterocycles. The van der Waals surface area contributed by atoms with Gasteiger partial charge in [0.05, 0.1) is 19.2 Å². The van der Waals surface area contributed by atoms with Crippen molar-refractivity contribution in [1.82, 2.24) is 16.0 Å². The molecule has 0 aliphatic carbocycles. The van der Waals surface area contributed by atoms with Gasteiger partial charge in [-0.15, -0.1) is 0 Å². The molecule has 0 atom stereocenters. The van der Waals surface area contributed by atoms with Crippen LogP contribution in [0.4, 0.5) is 0 Å². The van der Waals surface area contributed by atoms with E-state index in [0.29, 0.717) is 5.75 Å². The molecule has 3 amide bonds. The molecule has 130 valence electrons. The summed E-state index contributed by atoms with van der Waals surface area (Å²) in [5.74, 6) is -1.92. The van der Waals surface area contributed by atoms with Gasteiger partial charge in [-0.2, -0.15) is 0 Å². The first-order valence-corrected chi connectivity index (χ1v) is 7.02. The molecule has 24 heavy (non-hydrogen) atoms. The largest absolute Gasteiger partial charge is 0.496 e. The van der Waals surface area contributed by atoms with Crippen molar-refractivity contribution >= 4 is 23.7 Å². The number of methoxy groups -OCH3 is 1. The Bertz CT molecular complexity index is 617. The molecule has 0 unspecified atom stereocenters. The van der Waals surface area contributed by atoms with E-state index in [-0.39, 0.29) is 18.0 Å². The van der Waals surface area contributed by atoms with Crippen LogP contribution >= 0.6 is 0 Å². The number of carbonyl (C=O) groups excluding carboxylic acids is 4. The summed E-state index contributed by atoms with van der Waals surface area (Å²) in [6.07, 6.45) is 0. The van der Waals surface area contributed by atoms with Crippen molar-refractivity contribution in [2.24, 2.45) is 0 Å². The number of amides is 3. The van der Waals surface area contributed by atoms with Gasteiger partial charge in [-0.25, -0.2) is 0 Å². The van der Waals surface area contributed by atoms with Crippen molar-refractivity contribution in [1.29, 1.82) is 0 Å². The monoisotopic (exact) mass is 337 g/mol. The lowest BCUT2D eigenvalue weighted by atomic mass is 10.2. The molecule has 3 N–H and O–H groups in total. The summed E-state index contributed by atoms with van der Waals surface area (Å²) >= 11 is 0. The number of hydrogen-bond acceptors (Lipinski definition) is 6. The molecule has 0 radical (unpaired) electrons. The minimum Gasteiger partial charge on any atom is -0.496 e. The van der Waals surface area contributed by atoms with E-state index >= 15 is 0 Å². The van der Waals surface area contributed by atoms with E-state index in [9.17, 15) is 19.2 Å². The summed E-state index contributed by atoms with van der Waals surface area (Å²) in [5.41, 5.74) is 0.274. The molecule has 0 fully saturated rings. The van der Waals surface area contributed by atoms with Gasteiger partial charge in [-0.3, -0.25) is 19.2 Å². The lowest BCUT2D eigenvalue weighted by molar-refractivity contribution is -0.147. The maximum Gasteiger partial charge on any atom is 0.325 e. The zero-order valence-electron chi connectivity index (χ0n) is 13.4. The van der Waals surface area contributed by atoms with Crippen molar-refractivity contribution in [3.8, 4) is 5.75 Å². The van der Waals surface area contributed by atoms with Crippen LogP contribution in [0.25, 0.3) is 0 Å². The summed E-state index contributed by atoms with van der Waals surface area (Å²) in [6.45, 7) is -1.16. The highest BCUT2D eigenvalue weighted by Gasteiger charge is 2.14. The first-order chi connectivity index (χ1) is 11.5. The van der Waals surface area contributed by atoms with Gasteiger partial charge in [0.25, 0.3) is 11.8 Å². The molecule has 1 aromatic rings. The molecule has 9 nitrogen and oxygen atoms in total. The fraction of sp³-hybridized carbons (Fsp3) is 0.333. The highest BCUT2D eigenvalue weighted by Crippen LogP contribution is 2.16. The van der Waals surface area contributed by atoms with E-state index in [1.54, 1.807) is 24.3 Å². The number of nitrogens with one attached hydrogen (secondary N) is 3. The summed E-state index contributed by atoms with van der Waals surface area (Å²) in [6, 6.07) is 6.53. The topological polar surface area (TPSA) is 123 Å². The van der Waals surface area contributed by atoms with Crippen LogP contribution in [0.1, 0.15) is 10.4 Å². The minimum absolute atomic E-state index is 0.211. The third-order valence-corrected chi connectivity index (χ3v) is 2.83. The van der Waals surface area contributed by atoms with Crippen molar-refractivity contribution in [3.05, 3.63) is 29.8 Å². The molecule has 0 bridgehead atoms. The Morgan fingerprint density at radius 2 is 1.71 bits per heavy atom. The fourth-order valence-corrected chi connectivity index (χ4v) is 1.60. The molecule has 1 rings (SSSR count). The van der Waals surface area contributed by atoms with Gasteiger partial charge >= 0.3 is 5.97 Å². The van der Waals surface area contributed by atoms with Gasteiger partial charge in [-0.1, -0.05) is 12.1 Å². The van der Waals surface area contributed by atoms with Crippen molar-refractivity contribution in [2.45, 2.75) is 0 Å². The van der Waals surface area contributed by atoms with E-state index in [4.69, 9.17) is 4.74 Å². The number of carbonyl (C=O) groups is 4. The Morgan fingerprint density at radius 3 is 2.38 bits per heavy atom. The average Bonchev–Trinajstić information content (AvgIpc) is 2.62. The summed E-state index contributed by atoms with van der Waals surface area (Å²) in [7, 11) is 2.86. The van der Waals surface area contributed by atoms with Crippen LogP contribution in [0.5, 0.6) is 5.75 Å². The molecule has 9 heteroatoms. The molecule has 0 saturated heterocycles. The molecule has 0 heterocycles. The first kappa shape index (κ1) is 18.9. The lowest BCUT2D eigenvalue weighted by Crippen LogP contribution is -2.38. The fourth-order valence-electron chi connectivity index (χ4n) is 1.60. The average molecular weight is 337 g/mol. The standard InChI is InChI=1S/C15H19N3O6/c1-16-12(19)7-17-13(20)9-24-14(21)8-18-15(22)10-5-3-4-6-11(10)23-2/h3-6H,7-9H2,1-2H3,(H,16,19)(H,17,20)(H,18,22). The van der Waals surface area contributed by atoms with Gasteiger partial charge in [-0.05, 0) is 12.1 Å². The Kier molecular flexibility index (Phi) is 7.76. The smallest absolute Gasteiger partial charge is 0.325 e. The maximum absolute atomic E-state index is 12.0. The molecule has 0 aliphatic rings. The Labute approximate surface area is 138 Å². The number of para-hydroxylation sites is 1.